The number of ether oxygens (including phenoxy) is 2. The first kappa shape index (κ1) is 13.2. The molecule has 1 aromatic rings. The summed E-state index contributed by atoms with van der Waals surface area (Å²) in [5, 5.41) is 3.06. The molecule has 0 radical (unpaired) electrons. The minimum absolute atomic E-state index is 0.0514. The van der Waals surface area contributed by atoms with Crippen molar-refractivity contribution < 1.29 is 14.3 Å². The maximum Gasteiger partial charge on any atom is 0.251 e. The second-order valence-electron chi connectivity index (χ2n) is 5.45. The van der Waals surface area contributed by atoms with Crippen LogP contribution in [0.1, 0.15) is 42.5 Å². The molecule has 2 aliphatic rings. The summed E-state index contributed by atoms with van der Waals surface area (Å²) in [5.74, 6) is 1.22. The van der Waals surface area contributed by atoms with Gasteiger partial charge in [0.2, 0.25) is 6.79 Å². The van der Waals surface area contributed by atoms with Crippen molar-refractivity contribution in [3.05, 3.63) is 23.8 Å². The van der Waals surface area contributed by atoms with Crippen molar-refractivity contribution in [2.45, 2.75) is 44.2 Å². The van der Waals surface area contributed by atoms with E-state index < -0.39 is 0 Å². The number of fused-ring (bicyclic) bond motifs is 1. The molecule has 5 nitrogen and oxygen atoms in total. The lowest BCUT2D eigenvalue weighted by Crippen LogP contribution is -2.46. The van der Waals surface area contributed by atoms with Crippen LogP contribution in [0.15, 0.2) is 18.2 Å². The summed E-state index contributed by atoms with van der Waals surface area (Å²) in [4.78, 5) is 12.3. The van der Waals surface area contributed by atoms with Gasteiger partial charge in [-0.2, -0.15) is 0 Å². The third kappa shape index (κ3) is 2.72. The van der Waals surface area contributed by atoms with E-state index in [1.165, 1.54) is 6.42 Å². The number of hydrogen-bond donors (Lipinski definition) is 2. The molecular weight excluding hydrogens is 256 g/mol. The van der Waals surface area contributed by atoms with Crippen LogP contribution in [0.25, 0.3) is 0 Å². The Bertz CT molecular complexity index is 504. The van der Waals surface area contributed by atoms with Gasteiger partial charge in [-0.05, 0) is 31.0 Å². The van der Waals surface area contributed by atoms with Crippen molar-refractivity contribution in [3.63, 3.8) is 0 Å². The first-order chi connectivity index (χ1) is 9.74. The van der Waals surface area contributed by atoms with Crippen LogP contribution in [0.4, 0.5) is 0 Å². The lowest BCUT2D eigenvalue weighted by Gasteiger charge is -2.22. The first-order valence-corrected chi connectivity index (χ1v) is 7.20. The van der Waals surface area contributed by atoms with E-state index in [0.717, 1.165) is 25.7 Å². The molecule has 1 aliphatic heterocycles. The van der Waals surface area contributed by atoms with E-state index in [4.69, 9.17) is 15.2 Å². The second-order valence-corrected chi connectivity index (χ2v) is 5.45. The Morgan fingerprint density at radius 3 is 2.85 bits per heavy atom. The molecule has 3 rings (SSSR count). The zero-order chi connectivity index (χ0) is 13.9. The van der Waals surface area contributed by atoms with Gasteiger partial charge in [-0.3, -0.25) is 4.79 Å². The van der Waals surface area contributed by atoms with E-state index in [2.05, 4.69) is 5.32 Å². The van der Waals surface area contributed by atoms with Gasteiger partial charge < -0.3 is 20.5 Å². The normalized spacial score (nSPS) is 25.1. The third-order valence-electron chi connectivity index (χ3n) is 4.02. The van der Waals surface area contributed by atoms with Crippen LogP contribution in [0.3, 0.4) is 0 Å². The number of nitrogens with one attached hydrogen (secondary N) is 1. The predicted molar refractivity (Wildman–Crippen MR) is 74.9 cm³/mol. The van der Waals surface area contributed by atoms with Gasteiger partial charge in [0, 0.05) is 17.6 Å². The highest BCUT2D eigenvalue weighted by Crippen LogP contribution is 2.32. The smallest absolute Gasteiger partial charge is 0.251 e. The van der Waals surface area contributed by atoms with Crippen molar-refractivity contribution in [1.82, 2.24) is 5.32 Å². The minimum Gasteiger partial charge on any atom is -0.454 e. The van der Waals surface area contributed by atoms with E-state index in [9.17, 15) is 4.79 Å². The fourth-order valence-corrected chi connectivity index (χ4v) is 2.81. The molecule has 20 heavy (non-hydrogen) atoms. The summed E-state index contributed by atoms with van der Waals surface area (Å²) >= 11 is 0. The number of amides is 1. The number of hydrogen-bond acceptors (Lipinski definition) is 4. The Kier molecular flexibility index (Phi) is 3.78. The Labute approximate surface area is 118 Å². The number of benzene rings is 1. The van der Waals surface area contributed by atoms with E-state index in [1.807, 2.05) is 0 Å². The van der Waals surface area contributed by atoms with Crippen molar-refractivity contribution in [3.8, 4) is 11.5 Å². The summed E-state index contributed by atoms with van der Waals surface area (Å²) in [5.41, 5.74) is 6.72. The van der Waals surface area contributed by atoms with Crippen LogP contribution in [-0.4, -0.2) is 24.8 Å². The summed E-state index contributed by atoms with van der Waals surface area (Å²) in [6.45, 7) is 0.216. The predicted octanol–water partition coefficient (Wildman–Crippen LogP) is 1.81. The molecule has 0 bridgehead atoms. The number of carbonyl (C=O) groups is 1. The van der Waals surface area contributed by atoms with Gasteiger partial charge in [-0.1, -0.05) is 19.3 Å². The van der Waals surface area contributed by atoms with Gasteiger partial charge in [0.15, 0.2) is 11.5 Å². The molecule has 5 heteroatoms. The summed E-state index contributed by atoms with van der Waals surface area (Å²) in [6, 6.07) is 5.36. The van der Waals surface area contributed by atoms with E-state index >= 15 is 0 Å². The Morgan fingerprint density at radius 2 is 1.95 bits per heavy atom. The second kappa shape index (κ2) is 5.71. The Balaban J connectivity index is 1.69. The molecule has 0 saturated heterocycles. The molecule has 2 unspecified atom stereocenters. The van der Waals surface area contributed by atoms with Gasteiger partial charge in [0.25, 0.3) is 5.91 Å². The molecule has 1 amide bonds. The highest BCUT2D eigenvalue weighted by molar-refractivity contribution is 5.95. The lowest BCUT2D eigenvalue weighted by atomic mass is 10.0. The molecular formula is C15H20N2O3. The van der Waals surface area contributed by atoms with E-state index in [0.29, 0.717) is 17.1 Å². The average molecular weight is 276 g/mol. The molecule has 1 fully saturated rings. The number of carbonyl (C=O) groups excluding carboxylic acids is 1. The van der Waals surface area contributed by atoms with Crippen LogP contribution in [0, 0.1) is 0 Å². The van der Waals surface area contributed by atoms with Gasteiger partial charge in [-0.15, -0.1) is 0 Å². The molecule has 1 aliphatic carbocycles. The SMILES string of the molecule is NC1CCCCCC1NC(=O)c1ccc2c(c1)OCO2. The molecule has 0 spiro atoms. The summed E-state index contributed by atoms with van der Waals surface area (Å²) in [6.07, 6.45) is 5.41. The van der Waals surface area contributed by atoms with Crippen LogP contribution < -0.4 is 20.5 Å². The molecule has 1 aromatic carbocycles. The van der Waals surface area contributed by atoms with Crippen LogP contribution >= 0.6 is 0 Å². The van der Waals surface area contributed by atoms with Crippen molar-refractivity contribution in [2.24, 2.45) is 5.73 Å². The quantitative estimate of drug-likeness (QED) is 0.808. The van der Waals surface area contributed by atoms with E-state index in [-0.39, 0.29) is 24.8 Å². The van der Waals surface area contributed by atoms with E-state index in [1.54, 1.807) is 18.2 Å². The van der Waals surface area contributed by atoms with Crippen molar-refractivity contribution in [2.75, 3.05) is 6.79 Å². The van der Waals surface area contributed by atoms with Gasteiger partial charge in [0.05, 0.1) is 0 Å². The molecule has 1 heterocycles. The zero-order valence-corrected chi connectivity index (χ0v) is 11.4. The standard InChI is InChI=1S/C15H20N2O3/c16-11-4-2-1-3-5-12(11)17-15(18)10-6-7-13-14(8-10)20-9-19-13/h6-8,11-12H,1-5,9,16H2,(H,17,18). The maximum atomic E-state index is 12.3. The molecule has 1 saturated carbocycles. The molecule has 0 aromatic heterocycles. The average Bonchev–Trinajstić information content (AvgIpc) is 2.83. The van der Waals surface area contributed by atoms with Gasteiger partial charge in [0.1, 0.15) is 0 Å². The molecule has 2 atom stereocenters. The Morgan fingerprint density at radius 1 is 1.15 bits per heavy atom. The van der Waals surface area contributed by atoms with Gasteiger partial charge >= 0.3 is 0 Å². The van der Waals surface area contributed by atoms with Crippen molar-refractivity contribution in [1.29, 1.82) is 0 Å². The topological polar surface area (TPSA) is 73.6 Å². The van der Waals surface area contributed by atoms with Crippen LogP contribution in [0.2, 0.25) is 0 Å². The third-order valence-corrected chi connectivity index (χ3v) is 4.02. The number of rotatable bonds is 2. The van der Waals surface area contributed by atoms with Crippen LogP contribution in [-0.2, 0) is 0 Å². The first-order valence-electron chi connectivity index (χ1n) is 7.20. The highest BCUT2D eigenvalue weighted by Gasteiger charge is 2.23. The largest absolute Gasteiger partial charge is 0.454 e. The summed E-state index contributed by atoms with van der Waals surface area (Å²) < 4.78 is 10.5. The molecule has 3 N–H and O–H groups in total. The van der Waals surface area contributed by atoms with Crippen LogP contribution in [0.5, 0.6) is 11.5 Å². The minimum atomic E-state index is -0.0920. The highest BCUT2D eigenvalue weighted by atomic mass is 16.7. The fraction of sp³-hybridized carbons (Fsp3) is 0.533. The monoisotopic (exact) mass is 276 g/mol. The van der Waals surface area contributed by atoms with Gasteiger partial charge in [-0.25, -0.2) is 0 Å². The molecule has 108 valence electrons. The lowest BCUT2D eigenvalue weighted by molar-refractivity contribution is 0.0928. The summed E-state index contributed by atoms with van der Waals surface area (Å²) in [7, 11) is 0. The Hall–Kier alpha value is -1.75. The fourth-order valence-electron chi connectivity index (χ4n) is 2.81. The number of nitrogens with two attached hydrogens (primary N) is 1. The van der Waals surface area contributed by atoms with Crippen molar-refractivity contribution >= 4 is 5.91 Å². The maximum absolute atomic E-state index is 12.3. The zero-order valence-electron chi connectivity index (χ0n) is 11.4.